The van der Waals surface area contributed by atoms with Crippen molar-refractivity contribution in [3.63, 3.8) is 0 Å². The summed E-state index contributed by atoms with van der Waals surface area (Å²) < 4.78 is 21.2. The maximum Gasteiger partial charge on any atom is 0.265 e. The van der Waals surface area contributed by atoms with Crippen LogP contribution in [-0.2, 0) is 9.84 Å². The molecule has 0 aromatic carbocycles. The first-order valence-corrected chi connectivity index (χ1v) is 9.97. The predicted octanol–water partition coefficient (Wildman–Crippen LogP) is 0.925. The summed E-state index contributed by atoms with van der Waals surface area (Å²) in [6.45, 7) is 0. The molecule has 10 heteroatoms. The van der Waals surface area contributed by atoms with E-state index in [4.69, 9.17) is 34.8 Å². The van der Waals surface area contributed by atoms with E-state index in [0.717, 1.165) is 0 Å². The summed E-state index contributed by atoms with van der Waals surface area (Å²) in [6, 6.07) is 3.19. The Balaban J connectivity index is 2.04. The van der Waals surface area contributed by atoms with Crippen molar-refractivity contribution < 1.29 is 18.5 Å². The highest BCUT2D eigenvalue weighted by molar-refractivity contribution is 7.91. The lowest BCUT2D eigenvalue weighted by Crippen LogP contribution is -3.00. The van der Waals surface area contributed by atoms with Crippen LogP contribution < -0.4 is 10.6 Å². The summed E-state index contributed by atoms with van der Waals surface area (Å²) in [4.78, 5) is 12.6. The lowest BCUT2D eigenvalue weighted by Gasteiger charge is -2.25. The molecule has 1 fully saturated rings. The highest BCUT2D eigenvalue weighted by atomic mass is 35.6. The monoisotopic (exact) mass is 391 g/mol. The molecule has 2 atom stereocenters. The van der Waals surface area contributed by atoms with Crippen molar-refractivity contribution in [3.8, 4) is 0 Å². The van der Waals surface area contributed by atoms with Gasteiger partial charge in [-0.3, -0.25) is 10.1 Å². The Bertz CT molecular complexity index is 599. The number of halogens is 3. The maximum atomic E-state index is 12.0. The second kappa shape index (κ2) is 6.60. The Morgan fingerprint density at radius 1 is 1.48 bits per heavy atom. The number of amides is 1. The van der Waals surface area contributed by atoms with Gasteiger partial charge < -0.3 is 5.32 Å². The number of carbonyl (C=O) groups excluding carboxylic acids is 1. The minimum Gasteiger partial charge on any atom is -0.320 e. The third-order valence-electron chi connectivity index (χ3n) is 3.12. The molecule has 0 bridgehead atoms. The van der Waals surface area contributed by atoms with E-state index in [-0.39, 0.29) is 23.5 Å². The van der Waals surface area contributed by atoms with Crippen LogP contribution in [0.4, 0.5) is 0 Å². The minimum atomic E-state index is -3.03. The van der Waals surface area contributed by atoms with Gasteiger partial charge in [-0.1, -0.05) is 40.9 Å². The molecule has 1 aliphatic rings. The molecular weight excluding hydrogens is 379 g/mol. The van der Waals surface area contributed by atoms with Gasteiger partial charge in [0.05, 0.1) is 10.6 Å². The van der Waals surface area contributed by atoms with Crippen LogP contribution >= 0.6 is 46.1 Å². The van der Waals surface area contributed by atoms with E-state index in [9.17, 15) is 13.2 Å². The van der Waals surface area contributed by atoms with Crippen LogP contribution in [-0.4, -0.2) is 41.8 Å². The number of quaternary nitrogens is 1. The number of sulfone groups is 1. The lowest BCUT2D eigenvalue weighted by molar-refractivity contribution is -0.719. The number of rotatable bonds is 4. The number of carbonyl (C=O) groups is 1. The normalized spacial score (nSPS) is 22.9. The maximum absolute atomic E-state index is 12.0. The fourth-order valence-corrected chi connectivity index (χ4v) is 4.87. The van der Waals surface area contributed by atoms with Gasteiger partial charge in [-0.2, -0.15) is 0 Å². The Labute approximate surface area is 141 Å². The van der Waals surface area contributed by atoms with Crippen LogP contribution in [0.3, 0.4) is 0 Å². The van der Waals surface area contributed by atoms with Gasteiger partial charge in [0.1, 0.15) is 11.8 Å². The Kier molecular flexibility index (Phi) is 5.44. The molecule has 21 heavy (non-hydrogen) atoms. The van der Waals surface area contributed by atoms with Crippen molar-refractivity contribution in [1.29, 1.82) is 0 Å². The van der Waals surface area contributed by atoms with Gasteiger partial charge >= 0.3 is 0 Å². The summed E-state index contributed by atoms with van der Waals surface area (Å²) in [7, 11) is -3.03. The number of hydrogen-bond donors (Lipinski definition) is 2. The lowest BCUT2D eigenvalue weighted by atomic mass is 10.2. The Morgan fingerprint density at radius 3 is 2.67 bits per heavy atom. The van der Waals surface area contributed by atoms with Gasteiger partial charge in [-0.15, -0.1) is 11.3 Å². The molecule has 0 saturated carbocycles. The van der Waals surface area contributed by atoms with Gasteiger partial charge in [0.25, 0.3) is 9.70 Å². The van der Waals surface area contributed by atoms with Gasteiger partial charge in [-0.05, 0) is 11.4 Å². The SMILES string of the molecule is O=C(NC([NH2+]C1CCS(=O)(=O)C1)C(Cl)(Cl)Cl)c1cccs1. The van der Waals surface area contributed by atoms with Crippen molar-refractivity contribution in [2.24, 2.45) is 0 Å². The first kappa shape index (κ1) is 17.3. The topological polar surface area (TPSA) is 79.8 Å². The van der Waals surface area contributed by atoms with Crippen molar-refractivity contribution in [2.75, 3.05) is 11.5 Å². The summed E-state index contributed by atoms with van der Waals surface area (Å²) in [5.41, 5.74) is 0. The molecular formula is C11H14Cl3N2O3S2+. The highest BCUT2D eigenvalue weighted by Gasteiger charge is 2.42. The molecule has 5 nitrogen and oxygen atoms in total. The van der Waals surface area contributed by atoms with Gasteiger partial charge in [0.15, 0.2) is 9.84 Å². The molecule has 1 amide bonds. The van der Waals surface area contributed by atoms with Gasteiger partial charge in [0.2, 0.25) is 6.17 Å². The summed E-state index contributed by atoms with van der Waals surface area (Å²) >= 11 is 19.0. The van der Waals surface area contributed by atoms with Crippen LogP contribution in [0, 0.1) is 0 Å². The van der Waals surface area contributed by atoms with E-state index in [1.807, 2.05) is 0 Å². The smallest absolute Gasteiger partial charge is 0.265 e. The number of alkyl halides is 3. The van der Waals surface area contributed by atoms with Crippen LogP contribution in [0.5, 0.6) is 0 Å². The van der Waals surface area contributed by atoms with Gasteiger partial charge in [-0.25, -0.2) is 8.42 Å². The number of hydrogen-bond acceptors (Lipinski definition) is 4. The minimum absolute atomic E-state index is 0.0269. The fraction of sp³-hybridized carbons (Fsp3) is 0.545. The summed E-state index contributed by atoms with van der Waals surface area (Å²) in [5.74, 6) is -0.197. The van der Waals surface area contributed by atoms with Crippen LogP contribution in [0.15, 0.2) is 17.5 Å². The van der Waals surface area contributed by atoms with E-state index in [1.54, 1.807) is 22.8 Å². The third kappa shape index (κ3) is 4.97. The van der Waals surface area contributed by atoms with Crippen LogP contribution in [0.25, 0.3) is 0 Å². The molecule has 118 valence electrons. The summed E-state index contributed by atoms with van der Waals surface area (Å²) in [5, 5.41) is 6.02. The molecule has 0 aliphatic carbocycles. The molecule has 0 radical (unpaired) electrons. The number of thiophene rings is 1. The van der Waals surface area contributed by atoms with Crippen LogP contribution in [0.2, 0.25) is 0 Å². The Hall–Kier alpha value is -0.0500. The quantitative estimate of drug-likeness (QED) is 0.591. The zero-order valence-electron chi connectivity index (χ0n) is 10.8. The van der Waals surface area contributed by atoms with Crippen LogP contribution in [0.1, 0.15) is 16.1 Å². The highest BCUT2D eigenvalue weighted by Crippen LogP contribution is 2.28. The molecule has 1 saturated heterocycles. The number of nitrogens with two attached hydrogens (primary N) is 1. The summed E-state index contributed by atoms with van der Waals surface area (Å²) in [6.07, 6.45) is -0.371. The van der Waals surface area contributed by atoms with Crippen molar-refractivity contribution >= 4 is 61.9 Å². The average Bonchev–Trinajstić information content (AvgIpc) is 2.96. The molecule has 2 unspecified atom stereocenters. The molecule has 3 N–H and O–H groups in total. The van der Waals surface area contributed by atoms with E-state index in [1.165, 1.54) is 11.3 Å². The molecule has 2 rings (SSSR count). The predicted molar refractivity (Wildman–Crippen MR) is 84.8 cm³/mol. The second-order valence-electron chi connectivity index (χ2n) is 4.83. The van der Waals surface area contributed by atoms with E-state index >= 15 is 0 Å². The average molecular weight is 393 g/mol. The first-order valence-electron chi connectivity index (χ1n) is 6.14. The van der Waals surface area contributed by atoms with E-state index in [0.29, 0.717) is 11.3 Å². The third-order valence-corrected chi connectivity index (χ3v) is 6.48. The molecule has 1 aromatic rings. The molecule has 0 spiro atoms. The van der Waals surface area contributed by atoms with E-state index < -0.39 is 19.8 Å². The van der Waals surface area contributed by atoms with Gasteiger partial charge in [0, 0.05) is 6.42 Å². The zero-order valence-corrected chi connectivity index (χ0v) is 14.7. The fourth-order valence-electron chi connectivity index (χ4n) is 2.11. The van der Waals surface area contributed by atoms with Crippen molar-refractivity contribution in [1.82, 2.24) is 5.32 Å². The van der Waals surface area contributed by atoms with E-state index in [2.05, 4.69) is 5.32 Å². The van der Waals surface area contributed by atoms with Crippen molar-refractivity contribution in [2.45, 2.75) is 22.4 Å². The van der Waals surface area contributed by atoms with Crippen molar-refractivity contribution in [3.05, 3.63) is 22.4 Å². The zero-order chi connectivity index (χ0) is 15.7. The largest absolute Gasteiger partial charge is 0.320 e. The second-order valence-corrected chi connectivity index (χ2v) is 10.4. The number of nitrogens with one attached hydrogen (secondary N) is 1. The molecule has 1 aromatic heterocycles. The Morgan fingerprint density at radius 2 is 2.19 bits per heavy atom. The molecule has 2 heterocycles. The molecule has 1 aliphatic heterocycles. The standard InChI is InChI=1S/C11H13Cl3N2O3S2/c12-11(13,14)10(15-7-3-5-21(18,19)6-7)16-9(17)8-2-1-4-20-8/h1-2,4,7,10,15H,3,5-6H2,(H,16,17)/p+1. The first-order chi connectivity index (χ1) is 9.67.